The maximum atomic E-state index is 12.2. The number of rotatable bonds is 10. The third-order valence-corrected chi connectivity index (χ3v) is 3.44. The zero-order valence-corrected chi connectivity index (χ0v) is 14.8. The molecule has 25 heavy (non-hydrogen) atoms. The Morgan fingerprint density at radius 2 is 2.08 bits per heavy atom. The molecular formula is C19H25N3O3. The van der Waals surface area contributed by atoms with Gasteiger partial charge < -0.3 is 19.7 Å². The van der Waals surface area contributed by atoms with Gasteiger partial charge in [0.1, 0.15) is 12.4 Å². The first-order valence-corrected chi connectivity index (χ1v) is 8.27. The fourth-order valence-corrected chi connectivity index (χ4v) is 2.07. The first-order chi connectivity index (χ1) is 12.1. The summed E-state index contributed by atoms with van der Waals surface area (Å²) in [5.74, 6) is 0.516. The van der Waals surface area contributed by atoms with E-state index < -0.39 is 0 Å². The summed E-state index contributed by atoms with van der Waals surface area (Å²) < 4.78 is 11.2. The number of carbonyl (C=O) groups is 1. The quantitative estimate of drug-likeness (QED) is 0.668. The number of amides is 1. The van der Waals surface area contributed by atoms with Gasteiger partial charge in [0.15, 0.2) is 0 Å². The molecule has 0 aliphatic rings. The third kappa shape index (κ3) is 7.32. The van der Waals surface area contributed by atoms with Gasteiger partial charge in [0.25, 0.3) is 5.91 Å². The van der Waals surface area contributed by atoms with Crippen molar-refractivity contribution in [3.63, 3.8) is 0 Å². The summed E-state index contributed by atoms with van der Waals surface area (Å²) in [4.78, 5) is 18.3. The minimum absolute atomic E-state index is 0.136. The summed E-state index contributed by atoms with van der Waals surface area (Å²) in [7, 11) is 3.99. The van der Waals surface area contributed by atoms with E-state index in [2.05, 4.69) is 15.2 Å². The van der Waals surface area contributed by atoms with Crippen molar-refractivity contribution in [2.24, 2.45) is 0 Å². The third-order valence-electron chi connectivity index (χ3n) is 3.44. The van der Waals surface area contributed by atoms with E-state index in [1.54, 1.807) is 30.6 Å². The van der Waals surface area contributed by atoms with Crippen LogP contribution in [0.2, 0.25) is 0 Å². The van der Waals surface area contributed by atoms with Gasteiger partial charge in [0.2, 0.25) is 0 Å². The number of likely N-dealkylation sites (N-methyl/N-ethyl adjacent to an activating group) is 1. The van der Waals surface area contributed by atoms with Crippen LogP contribution in [0.1, 0.15) is 15.9 Å². The Morgan fingerprint density at radius 1 is 1.20 bits per heavy atom. The van der Waals surface area contributed by atoms with Gasteiger partial charge in [0, 0.05) is 36.6 Å². The highest BCUT2D eigenvalue weighted by Crippen LogP contribution is 2.15. The maximum Gasteiger partial charge on any atom is 0.251 e. The number of nitrogens with zero attached hydrogens (tertiary/aromatic N) is 2. The van der Waals surface area contributed by atoms with Crippen LogP contribution in [0.15, 0.2) is 48.8 Å². The zero-order valence-electron chi connectivity index (χ0n) is 14.8. The van der Waals surface area contributed by atoms with Crippen molar-refractivity contribution in [1.29, 1.82) is 0 Å². The molecule has 0 bridgehead atoms. The lowest BCUT2D eigenvalue weighted by molar-refractivity contribution is 0.0900. The molecule has 1 aromatic carbocycles. The second-order valence-corrected chi connectivity index (χ2v) is 5.85. The summed E-state index contributed by atoms with van der Waals surface area (Å²) in [6.45, 7) is 2.91. The smallest absolute Gasteiger partial charge is 0.251 e. The van der Waals surface area contributed by atoms with Gasteiger partial charge >= 0.3 is 0 Å². The number of aromatic nitrogens is 1. The van der Waals surface area contributed by atoms with Crippen molar-refractivity contribution in [2.45, 2.75) is 6.61 Å². The number of benzene rings is 1. The van der Waals surface area contributed by atoms with Crippen LogP contribution in [-0.2, 0) is 11.3 Å². The monoisotopic (exact) mass is 343 g/mol. The van der Waals surface area contributed by atoms with Crippen molar-refractivity contribution in [2.75, 3.05) is 40.4 Å². The largest absolute Gasteiger partial charge is 0.489 e. The Morgan fingerprint density at radius 3 is 2.84 bits per heavy atom. The van der Waals surface area contributed by atoms with E-state index >= 15 is 0 Å². The molecule has 2 rings (SSSR count). The molecule has 0 fully saturated rings. The normalized spacial score (nSPS) is 10.7. The standard InChI is InChI=1S/C19H25N3O3/c1-22(2)10-12-24-11-9-21-19(23)17-6-3-7-18(13-17)25-15-16-5-4-8-20-14-16/h3-8,13-14H,9-12,15H2,1-2H3,(H,21,23). The molecule has 0 saturated carbocycles. The van der Waals surface area contributed by atoms with Crippen LogP contribution < -0.4 is 10.1 Å². The molecule has 134 valence electrons. The highest BCUT2D eigenvalue weighted by atomic mass is 16.5. The Hall–Kier alpha value is -2.44. The zero-order chi connectivity index (χ0) is 17.9. The van der Waals surface area contributed by atoms with Crippen LogP contribution in [0, 0.1) is 0 Å². The predicted octanol–water partition coefficient (Wildman–Crippen LogP) is 1.97. The first-order valence-electron chi connectivity index (χ1n) is 8.27. The molecular weight excluding hydrogens is 318 g/mol. The number of ether oxygens (including phenoxy) is 2. The van der Waals surface area contributed by atoms with E-state index in [1.165, 1.54) is 0 Å². The maximum absolute atomic E-state index is 12.2. The lowest BCUT2D eigenvalue weighted by atomic mass is 10.2. The average Bonchev–Trinajstić information content (AvgIpc) is 2.63. The molecule has 2 aromatic rings. The number of nitrogens with one attached hydrogen (secondary N) is 1. The highest BCUT2D eigenvalue weighted by molar-refractivity contribution is 5.94. The van der Waals surface area contributed by atoms with Crippen molar-refractivity contribution in [3.05, 3.63) is 59.9 Å². The van der Waals surface area contributed by atoms with E-state index in [0.29, 0.717) is 37.7 Å². The number of pyridine rings is 1. The molecule has 0 spiro atoms. The van der Waals surface area contributed by atoms with Crippen LogP contribution in [0.3, 0.4) is 0 Å². The van der Waals surface area contributed by atoms with E-state index in [-0.39, 0.29) is 5.91 Å². The fraction of sp³-hybridized carbons (Fsp3) is 0.368. The second kappa shape index (κ2) is 10.4. The minimum atomic E-state index is -0.136. The SMILES string of the molecule is CN(C)CCOCCNC(=O)c1cccc(OCc2cccnc2)c1. The Kier molecular flexibility index (Phi) is 7.88. The van der Waals surface area contributed by atoms with Crippen molar-refractivity contribution < 1.29 is 14.3 Å². The summed E-state index contributed by atoms with van der Waals surface area (Å²) >= 11 is 0. The molecule has 6 nitrogen and oxygen atoms in total. The van der Waals surface area contributed by atoms with E-state index in [0.717, 1.165) is 12.1 Å². The summed E-state index contributed by atoms with van der Waals surface area (Å²) in [5, 5.41) is 2.84. The van der Waals surface area contributed by atoms with Gasteiger partial charge in [-0.1, -0.05) is 12.1 Å². The molecule has 0 saturated heterocycles. The van der Waals surface area contributed by atoms with E-state index in [4.69, 9.17) is 9.47 Å². The van der Waals surface area contributed by atoms with E-state index in [1.807, 2.05) is 32.3 Å². The number of hydrogen-bond donors (Lipinski definition) is 1. The van der Waals surface area contributed by atoms with Gasteiger partial charge in [-0.05, 0) is 38.4 Å². The van der Waals surface area contributed by atoms with Crippen molar-refractivity contribution in [3.8, 4) is 5.75 Å². The first kappa shape index (κ1) is 18.9. The van der Waals surface area contributed by atoms with Crippen LogP contribution in [0.5, 0.6) is 5.75 Å². The highest BCUT2D eigenvalue weighted by Gasteiger charge is 2.06. The Balaban J connectivity index is 1.74. The topological polar surface area (TPSA) is 63.7 Å². The number of carbonyl (C=O) groups excluding carboxylic acids is 1. The van der Waals surface area contributed by atoms with Crippen molar-refractivity contribution >= 4 is 5.91 Å². The molecule has 0 aliphatic carbocycles. The molecule has 6 heteroatoms. The number of hydrogen-bond acceptors (Lipinski definition) is 5. The van der Waals surface area contributed by atoms with Crippen LogP contribution in [0.4, 0.5) is 0 Å². The molecule has 0 atom stereocenters. The van der Waals surface area contributed by atoms with Gasteiger partial charge in [-0.15, -0.1) is 0 Å². The van der Waals surface area contributed by atoms with Gasteiger partial charge in [-0.2, -0.15) is 0 Å². The Bertz CT molecular complexity index is 647. The lowest BCUT2D eigenvalue weighted by Crippen LogP contribution is -2.28. The van der Waals surface area contributed by atoms with Crippen LogP contribution >= 0.6 is 0 Å². The molecule has 0 unspecified atom stereocenters. The molecule has 1 heterocycles. The molecule has 0 aliphatic heterocycles. The van der Waals surface area contributed by atoms with Gasteiger partial charge in [-0.25, -0.2) is 0 Å². The van der Waals surface area contributed by atoms with E-state index in [9.17, 15) is 4.79 Å². The molecule has 1 N–H and O–H groups in total. The van der Waals surface area contributed by atoms with Crippen molar-refractivity contribution in [1.82, 2.24) is 15.2 Å². The Labute approximate surface area is 148 Å². The average molecular weight is 343 g/mol. The summed E-state index contributed by atoms with van der Waals surface area (Å²) in [6.07, 6.45) is 3.48. The van der Waals surface area contributed by atoms with Gasteiger partial charge in [-0.3, -0.25) is 9.78 Å². The summed E-state index contributed by atoms with van der Waals surface area (Å²) in [5.41, 5.74) is 1.55. The predicted molar refractivity (Wildman–Crippen MR) is 96.7 cm³/mol. The van der Waals surface area contributed by atoms with Crippen LogP contribution in [-0.4, -0.2) is 56.2 Å². The lowest BCUT2D eigenvalue weighted by Gasteiger charge is -2.11. The minimum Gasteiger partial charge on any atom is -0.489 e. The molecule has 0 radical (unpaired) electrons. The molecule has 1 amide bonds. The second-order valence-electron chi connectivity index (χ2n) is 5.85. The summed E-state index contributed by atoms with van der Waals surface area (Å²) in [6, 6.07) is 10.9. The van der Waals surface area contributed by atoms with Gasteiger partial charge in [0.05, 0.1) is 13.2 Å². The van der Waals surface area contributed by atoms with Crippen LogP contribution in [0.25, 0.3) is 0 Å². The fourth-order valence-electron chi connectivity index (χ4n) is 2.07. The molecule has 1 aromatic heterocycles.